The van der Waals surface area contributed by atoms with Crippen LogP contribution in [-0.2, 0) is 9.53 Å². The molecule has 0 spiro atoms. The van der Waals surface area contributed by atoms with Crippen molar-refractivity contribution in [3.63, 3.8) is 0 Å². The second kappa shape index (κ2) is 5.25. The standard InChI is InChI=1S/C12H15Cl2NO2/c1-12(2,11(16)17-3)10(15)8-5-4-7(13)6-9(8)14/h4-6,10H,15H2,1-3H3/t10-/m1/s1. The lowest BCUT2D eigenvalue weighted by atomic mass is 9.81. The number of halogens is 2. The Labute approximate surface area is 111 Å². The van der Waals surface area contributed by atoms with Crippen molar-refractivity contribution in [1.29, 1.82) is 0 Å². The third kappa shape index (κ3) is 2.92. The number of benzene rings is 1. The van der Waals surface area contributed by atoms with Gasteiger partial charge in [-0.25, -0.2) is 0 Å². The summed E-state index contributed by atoms with van der Waals surface area (Å²) in [7, 11) is 1.33. The number of ether oxygens (including phenoxy) is 1. The van der Waals surface area contributed by atoms with E-state index in [0.717, 1.165) is 0 Å². The molecule has 2 N–H and O–H groups in total. The molecule has 0 aliphatic rings. The Morgan fingerprint density at radius 2 is 2.00 bits per heavy atom. The zero-order valence-corrected chi connectivity index (χ0v) is 11.5. The van der Waals surface area contributed by atoms with Crippen LogP contribution in [0, 0.1) is 5.41 Å². The van der Waals surface area contributed by atoms with Gasteiger partial charge in [0.05, 0.1) is 12.5 Å². The topological polar surface area (TPSA) is 52.3 Å². The molecule has 5 heteroatoms. The van der Waals surface area contributed by atoms with Crippen LogP contribution in [0.4, 0.5) is 0 Å². The summed E-state index contributed by atoms with van der Waals surface area (Å²) >= 11 is 11.9. The van der Waals surface area contributed by atoms with Crippen molar-refractivity contribution in [3.05, 3.63) is 33.8 Å². The first kappa shape index (κ1) is 14.3. The molecule has 0 aliphatic heterocycles. The lowest BCUT2D eigenvalue weighted by Gasteiger charge is -2.29. The minimum Gasteiger partial charge on any atom is -0.469 e. The van der Waals surface area contributed by atoms with Crippen molar-refractivity contribution in [3.8, 4) is 0 Å². The normalized spacial score (nSPS) is 13.3. The first-order chi connectivity index (χ1) is 7.80. The van der Waals surface area contributed by atoms with Crippen LogP contribution >= 0.6 is 23.2 Å². The first-order valence-electron chi connectivity index (χ1n) is 5.09. The molecule has 0 saturated carbocycles. The fourth-order valence-electron chi connectivity index (χ4n) is 1.53. The van der Waals surface area contributed by atoms with Gasteiger partial charge in [-0.2, -0.15) is 0 Å². The molecule has 0 unspecified atom stereocenters. The Morgan fingerprint density at radius 1 is 1.41 bits per heavy atom. The van der Waals surface area contributed by atoms with Gasteiger partial charge < -0.3 is 10.5 Å². The van der Waals surface area contributed by atoms with E-state index in [2.05, 4.69) is 0 Å². The van der Waals surface area contributed by atoms with Gasteiger partial charge in [0, 0.05) is 16.1 Å². The predicted octanol–water partition coefficient (Wildman–Crippen LogP) is 3.19. The van der Waals surface area contributed by atoms with Crippen molar-refractivity contribution in [2.24, 2.45) is 11.1 Å². The maximum absolute atomic E-state index is 11.7. The monoisotopic (exact) mass is 275 g/mol. The smallest absolute Gasteiger partial charge is 0.313 e. The average molecular weight is 276 g/mol. The summed E-state index contributed by atoms with van der Waals surface area (Å²) in [5.41, 5.74) is 5.89. The van der Waals surface area contributed by atoms with Gasteiger partial charge in [-0.15, -0.1) is 0 Å². The van der Waals surface area contributed by atoms with Gasteiger partial charge in [-0.05, 0) is 31.5 Å². The molecule has 0 radical (unpaired) electrons. The van der Waals surface area contributed by atoms with E-state index in [0.29, 0.717) is 15.6 Å². The Morgan fingerprint density at radius 3 is 2.47 bits per heavy atom. The number of carbonyl (C=O) groups excluding carboxylic acids is 1. The zero-order valence-electron chi connectivity index (χ0n) is 9.96. The Kier molecular flexibility index (Phi) is 4.42. The molecule has 0 bridgehead atoms. The molecule has 1 atom stereocenters. The second-order valence-corrected chi connectivity index (χ2v) is 5.20. The Hall–Kier alpha value is -0.770. The van der Waals surface area contributed by atoms with Crippen molar-refractivity contribution in [1.82, 2.24) is 0 Å². The molecule has 1 rings (SSSR count). The number of hydrogen-bond acceptors (Lipinski definition) is 3. The fourth-order valence-corrected chi connectivity index (χ4v) is 2.06. The molecule has 3 nitrogen and oxygen atoms in total. The van der Waals surface area contributed by atoms with E-state index in [9.17, 15) is 4.79 Å². The summed E-state index contributed by atoms with van der Waals surface area (Å²) in [5.74, 6) is -0.379. The van der Waals surface area contributed by atoms with Crippen molar-refractivity contribution >= 4 is 29.2 Å². The van der Waals surface area contributed by atoms with Gasteiger partial charge in [0.2, 0.25) is 0 Å². The highest BCUT2D eigenvalue weighted by atomic mass is 35.5. The molecule has 0 amide bonds. The number of esters is 1. The third-order valence-corrected chi connectivity index (χ3v) is 3.35. The van der Waals surface area contributed by atoms with Crippen LogP contribution in [0.1, 0.15) is 25.5 Å². The third-order valence-electron chi connectivity index (χ3n) is 2.79. The maximum Gasteiger partial charge on any atom is 0.313 e. The van der Waals surface area contributed by atoms with E-state index in [4.69, 9.17) is 33.7 Å². The van der Waals surface area contributed by atoms with Gasteiger partial charge in [-0.1, -0.05) is 29.3 Å². The SMILES string of the molecule is COC(=O)C(C)(C)[C@H](N)c1ccc(Cl)cc1Cl. The number of hydrogen-bond donors (Lipinski definition) is 1. The van der Waals surface area contributed by atoms with Crippen LogP contribution in [0.3, 0.4) is 0 Å². The van der Waals surface area contributed by atoms with Gasteiger partial charge in [0.15, 0.2) is 0 Å². The average Bonchev–Trinajstić information content (AvgIpc) is 2.27. The first-order valence-corrected chi connectivity index (χ1v) is 5.85. The highest BCUT2D eigenvalue weighted by Gasteiger charge is 2.37. The van der Waals surface area contributed by atoms with E-state index in [1.807, 2.05) is 0 Å². The fraction of sp³-hybridized carbons (Fsp3) is 0.417. The molecule has 94 valence electrons. The van der Waals surface area contributed by atoms with E-state index in [1.165, 1.54) is 7.11 Å². The number of methoxy groups -OCH3 is 1. The lowest BCUT2D eigenvalue weighted by molar-refractivity contribution is -0.152. The summed E-state index contributed by atoms with van der Waals surface area (Å²) in [6.07, 6.45) is 0. The maximum atomic E-state index is 11.7. The minimum absolute atomic E-state index is 0.379. The second-order valence-electron chi connectivity index (χ2n) is 4.36. The summed E-state index contributed by atoms with van der Waals surface area (Å²) in [6, 6.07) is 4.46. The number of carbonyl (C=O) groups is 1. The highest BCUT2D eigenvalue weighted by Crippen LogP contribution is 2.36. The molecule has 1 aromatic rings. The van der Waals surface area contributed by atoms with Crippen LogP contribution in [0.15, 0.2) is 18.2 Å². The molecule has 0 saturated heterocycles. The summed E-state index contributed by atoms with van der Waals surface area (Å²) in [4.78, 5) is 11.7. The highest BCUT2D eigenvalue weighted by molar-refractivity contribution is 6.35. The molecule has 0 aromatic heterocycles. The van der Waals surface area contributed by atoms with Crippen LogP contribution in [0.25, 0.3) is 0 Å². The van der Waals surface area contributed by atoms with Gasteiger partial charge in [0.1, 0.15) is 0 Å². The van der Waals surface area contributed by atoms with Gasteiger partial charge in [0.25, 0.3) is 0 Å². The molecular formula is C12H15Cl2NO2. The number of nitrogens with two attached hydrogens (primary N) is 1. The largest absolute Gasteiger partial charge is 0.469 e. The van der Waals surface area contributed by atoms with Crippen molar-refractivity contribution < 1.29 is 9.53 Å². The van der Waals surface area contributed by atoms with E-state index in [-0.39, 0.29) is 5.97 Å². The minimum atomic E-state index is -0.855. The zero-order chi connectivity index (χ0) is 13.2. The van der Waals surface area contributed by atoms with Gasteiger partial charge in [-0.3, -0.25) is 4.79 Å². The molecule has 0 heterocycles. The molecule has 1 aromatic carbocycles. The Bertz CT molecular complexity index is 433. The molecule has 0 aliphatic carbocycles. The lowest BCUT2D eigenvalue weighted by Crippen LogP contribution is -2.37. The number of rotatable bonds is 3. The summed E-state index contributed by atoms with van der Waals surface area (Å²) in [5, 5.41) is 0.976. The van der Waals surface area contributed by atoms with E-state index in [1.54, 1.807) is 32.0 Å². The molecular weight excluding hydrogens is 261 g/mol. The van der Waals surface area contributed by atoms with Crippen LogP contribution in [-0.4, -0.2) is 13.1 Å². The quantitative estimate of drug-likeness (QED) is 0.862. The molecule has 17 heavy (non-hydrogen) atoms. The predicted molar refractivity (Wildman–Crippen MR) is 69.2 cm³/mol. The van der Waals surface area contributed by atoms with Crippen LogP contribution < -0.4 is 5.73 Å². The van der Waals surface area contributed by atoms with E-state index >= 15 is 0 Å². The van der Waals surface area contributed by atoms with Gasteiger partial charge >= 0.3 is 5.97 Å². The van der Waals surface area contributed by atoms with E-state index < -0.39 is 11.5 Å². The van der Waals surface area contributed by atoms with Crippen molar-refractivity contribution in [2.75, 3.05) is 7.11 Å². The Balaban J connectivity index is 3.11. The summed E-state index contributed by atoms with van der Waals surface area (Å²) in [6.45, 7) is 3.43. The summed E-state index contributed by atoms with van der Waals surface area (Å²) < 4.78 is 4.73. The molecule has 0 fully saturated rings. The van der Waals surface area contributed by atoms with Crippen LogP contribution in [0.2, 0.25) is 10.0 Å². The van der Waals surface area contributed by atoms with Crippen molar-refractivity contribution in [2.45, 2.75) is 19.9 Å². The van der Waals surface area contributed by atoms with Crippen LogP contribution in [0.5, 0.6) is 0 Å².